The van der Waals surface area contributed by atoms with E-state index in [1.807, 2.05) is 0 Å². The van der Waals surface area contributed by atoms with Crippen molar-refractivity contribution in [3.8, 4) is 0 Å². The highest BCUT2D eigenvalue weighted by Gasteiger charge is 2.51. The second-order valence-corrected chi connectivity index (χ2v) is 6.94. The van der Waals surface area contributed by atoms with Crippen LogP contribution in [0.2, 0.25) is 0 Å². The number of nitrogens with zero attached hydrogens (tertiary/aromatic N) is 2. The molecule has 21 heavy (non-hydrogen) atoms. The van der Waals surface area contributed by atoms with E-state index in [-0.39, 0.29) is 11.5 Å². The fourth-order valence-electron chi connectivity index (χ4n) is 4.99. The third-order valence-electron chi connectivity index (χ3n) is 5.27. The van der Waals surface area contributed by atoms with E-state index in [0.717, 1.165) is 37.0 Å². The van der Waals surface area contributed by atoms with Gasteiger partial charge in [-0.15, -0.1) is 0 Å². The number of H-pyrrole nitrogens is 1. The van der Waals surface area contributed by atoms with Crippen LogP contribution in [0, 0.1) is 17.8 Å². The highest BCUT2D eigenvalue weighted by atomic mass is 16.2. The first-order valence-corrected chi connectivity index (χ1v) is 7.61. The van der Waals surface area contributed by atoms with E-state index in [2.05, 4.69) is 25.8 Å². The first-order chi connectivity index (χ1) is 10.1. The summed E-state index contributed by atoms with van der Waals surface area (Å²) in [4.78, 5) is 27.9. The highest BCUT2D eigenvalue weighted by Crippen LogP contribution is 2.55. The van der Waals surface area contributed by atoms with Crippen LogP contribution in [-0.2, 0) is 9.59 Å². The summed E-state index contributed by atoms with van der Waals surface area (Å²) in [6, 6.07) is 0. The van der Waals surface area contributed by atoms with Gasteiger partial charge in [0.15, 0.2) is 0 Å². The number of carbonyl (C=O) groups excluding carboxylic acids is 2. The Hall–Kier alpha value is -1.92. The lowest BCUT2D eigenvalue weighted by Crippen LogP contribution is -2.61. The standard InChI is InChI=1S/C14H19N5O2/c20-11(17-13-15-7-16-19-13)12(21)18-14-4-8-1-9(5-14)3-10(2-8)6-14/h7-10H,1-6H2,(H,18,21)(H2,15,16,17,19,20). The van der Waals surface area contributed by atoms with Crippen LogP contribution in [0.25, 0.3) is 0 Å². The average molecular weight is 289 g/mol. The molecule has 1 aromatic rings. The lowest BCUT2D eigenvalue weighted by atomic mass is 9.53. The zero-order valence-corrected chi connectivity index (χ0v) is 11.8. The first kappa shape index (κ1) is 12.8. The molecule has 0 aliphatic heterocycles. The van der Waals surface area contributed by atoms with Gasteiger partial charge in [-0.05, 0) is 56.3 Å². The Labute approximate surface area is 122 Å². The largest absolute Gasteiger partial charge is 0.342 e. The molecule has 4 saturated carbocycles. The first-order valence-electron chi connectivity index (χ1n) is 7.61. The van der Waals surface area contributed by atoms with E-state index in [1.54, 1.807) is 0 Å². The molecule has 0 spiro atoms. The summed E-state index contributed by atoms with van der Waals surface area (Å²) in [6.07, 6.45) is 8.28. The molecule has 4 aliphatic carbocycles. The monoisotopic (exact) mass is 289 g/mol. The molecule has 0 saturated heterocycles. The Bertz CT molecular complexity index is 533. The maximum absolute atomic E-state index is 12.2. The van der Waals surface area contributed by atoms with Crippen molar-refractivity contribution in [2.45, 2.75) is 44.1 Å². The van der Waals surface area contributed by atoms with Crippen molar-refractivity contribution in [2.75, 3.05) is 5.32 Å². The van der Waals surface area contributed by atoms with Crippen LogP contribution in [0.4, 0.5) is 5.95 Å². The SMILES string of the molecule is O=C(Nc1ncn[nH]1)C(=O)NC12CC3CC(CC(C3)C1)C2. The van der Waals surface area contributed by atoms with Gasteiger partial charge in [0.05, 0.1) is 0 Å². The van der Waals surface area contributed by atoms with Crippen molar-refractivity contribution < 1.29 is 9.59 Å². The second kappa shape index (κ2) is 4.54. The fraction of sp³-hybridized carbons (Fsp3) is 0.714. The number of rotatable bonds is 2. The van der Waals surface area contributed by atoms with E-state index >= 15 is 0 Å². The number of hydrogen-bond acceptors (Lipinski definition) is 4. The van der Waals surface area contributed by atoms with Gasteiger partial charge in [0.25, 0.3) is 0 Å². The molecule has 0 aromatic carbocycles. The quantitative estimate of drug-likeness (QED) is 0.702. The molecule has 0 radical (unpaired) electrons. The Morgan fingerprint density at radius 3 is 2.24 bits per heavy atom. The Morgan fingerprint density at radius 1 is 1.10 bits per heavy atom. The lowest BCUT2D eigenvalue weighted by Gasteiger charge is -2.56. The maximum Gasteiger partial charge on any atom is 0.316 e. The molecular formula is C14H19N5O2. The highest BCUT2D eigenvalue weighted by molar-refractivity contribution is 6.39. The smallest absolute Gasteiger partial charge is 0.316 e. The van der Waals surface area contributed by atoms with Gasteiger partial charge in [-0.1, -0.05) is 0 Å². The number of carbonyl (C=O) groups is 2. The topological polar surface area (TPSA) is 99.8 Å². The van der Waals surface area contributed by atoms with E-state index < -0.39 is 11.8 Å². The third-order valence-corrected chi connectivity index (χ3v) is 5.27. The second-order valence-electron chi connectivity index (χ2n) is 6.94. The summed E-state index contributed by atoms with van der Waals surface area (Å²) in [6.45, 7) is 0. The van der Waals surface area contributed by atoms with Gasteiger partial charge in [-0.3, -0.25) is 14.9 Å². The van der Waals surface area contributed by atoms with Crippen LogP contribution in [-0.4, -0.2) is 32.5 Å². The van der Waals surface area contributed by atoms with Gasteiger partial charge >= 0.3 is 11.8 Å². The molecule has 7 nitrogen and oxygen atoms in total. The van der Waals surface area contributed by atoms with Crippen molar-refractivity contribution in [3.63, 3.8) is 0 Å². The number of anilines is 1. The van der Waals surface area contributed by atoms with E-state index in [0.29, 0.717) is 0 Å². The maximum atomic E-state index is 12.2. The summed E-state index contributed by atoms with van der Waals surface area (Å²) >= 11 is 0. The minimum atomic E-state index is -0.678. The van der Waals surface area contributed by atoms with Crippen LogP contribution in [0.3, 0.4) is 0 Å². The molecule has 4 aliphatic rings. The van der Waals surface area contributed by atoms with Crippen molar-refractivity contribution in [1.82, 2.24) is 20.5 Å². The molecule has 112 valence electrons. The molecule has 0 atom stereocenters. The summed E-state index contributed by atoms with van der Waals surface area (Å²) in [5.41, 5.74) is -0.148. The average Bonchev–Trinajstić information content (AvgIpc) is 2.89. The summed E-state index contributed by atoms with van der Waals surface area (Å²) in [7, 11) is 0. The fourth-order valence-corrected chi connectivity index (χ4v) is 4.99. The van der Waals surface area contributed by atoms with Gasteiger partial charge in [0, 0.05) is 5.54 Å². The van der Waals surface area contributed by atoms with Crippen molar-refractivity contribution in [2.24, 2.45) is 17.8 Å². The van der Waals surface area contributed by atoms with E-state index in [9.17, 15) is 9.59 Å². The molecule has 3 N–H and O–H groups in total. The molecule has 4 bridgehead atoms. The van der Waals surface area contributed by atoms with Gasteiger partial charge in [-0.2, -0.15) is 10.1 Å². The minimum absolute atomic E-state index is 0.148. The minimum Gasteiger partial charge on any atom is -0.342 e. The van der Waals surface area contributed by atoms with E-state index in [1.165, 1.54) is 25.6 Å². The number of aromatic amines is 1. The molecular weight excluding hydrogens is 270 g/mol. The summed E-state index contributed by atoms with van der Waals surface area (Å²) in [5.74, 6) is 1.15. The van der Waals surface area contributed by atoms with Gasteiger partial charge < -0.3 is 5.32 Å². The van der Waals surface area contributed by atoms with Crippen LogP contribution < -0.4 is 10.6 Å². The lowest BCUT2D eigenvalue weighted by molar-refractivity contribution is -0.139. The van der Waals surface area contributed by atoms with Gasteiger partial charge in [-0.25, -0.2) is 5.10 Å². The Morgan fingerprint density at radius 2 is 1.71 bits per heavy atom. The summed E-state index contributed by atoms with van der Waals surface area (Å²) in [5, 5.41) is 11.6. The van der Waals surface area contributed by atoms with Crippen LogP contribution in [0.5, 0.6) is 0 Å². The van der Waals surface area contributed by atoms with Crippen molar-refractivity contribution in [1.29, 1.82) is 0 Å². The molecule has 4 fully saturated rings. The molecule has 1 heterocycles. The predicted octanol–water partition coefficient (Wildman–Crippen LogP) is 0.828. The van der Waals surface area contributed by atoms with Gasteiger partial charge in [0.1, 0.15) is 6.33 Å². The van der Waals surface area contributed by atoms with Crippen LogP contribution in [0.1, 0.15) is 38.5 Å². The third kappa shape index (κ3) is 2.30. The molecule has 5 rings (SSSR count). The van der Waals surface area contributed by atoms with Crippen LogP contribution >= 0.6 is 0 Å². The molecule has 7 heteroatoms. The van der Waals surface area contributed by atoms with Gasteiger partial charge in [0.2, 0.25) is 5.95 Å². The number of aromatic nitrogens is 3. The van der Waals surface area contributed by atoms with Crippen molar-refractivity contribution >= 4 is 17.8 Å². The normalized spacial score (nSPS) is 36.5. The number of amides is 2. The van der Waals surface area contributed by atoms with Crippen LogP contribution in [0.15, 0.2) is 6.33 Å². The molecule has 0 unspecified atom stereocenters. The molecule has 1 aromatic heterocycles. The number of hydrogen-bond donors (Lipinski definition) is 3. The predicted molar refractivity (Wildman–Crippen MR) is 74.1 cm³/mol. The zero-order valence-electron chi connectivity index (χ0n) is 11.8. The van der Waals surface area contributed by atoms with Crippen molar-refractivity contribution in [3.05, 3.63) is 6.33 Å². The summed E-state index contributed by atoms with van der Waals surface area (Å²) < 4.78 is 0. The Balaban J connectivity index is 1.43. The number of nitrogens with one attached hydrogen (secondary N) is 3. The Kier molecular flexibility index (Phi) is 2.77. The molecule has 2 amide bonds. The zero-order chi connectivity index (χ0) is 14.4. The van der Waals surface area contributed by atoms with E-state index in [4.69, 9.17) is 0 Å².